The number of benzene rings is 2. The Balaban J connectivity index is 0.000000391. The second-order valence-corrected chi connectivity index (χ2v) is 8.84. The van der Waals surface area contributed by atoms with Crippen LogP contribution in [-0.4, -0.2) is 35.2 Å². The minimum Gasteiger partial charge on any atom is -0.508 e. The number of aromatic hydroxyl groups is 1. The number of para-hydroxylation sites is 1. The Bertz CT molecular complexity index is 793. The molecule has 35 heavy (non-hydrogen) atoms. The summed E-state index contributed by atoms with van der Waals surface area (Å²) in [6, 6.07) is 13.0. The highest BCUT2D eigenvalue weighted by atomic mass is 19.4. The first kappa shape index (κ1) is 30.6. The van der Waals surface area contributed by atoms with E-state index in [1.54, 1.807) is 30.3 Å². The van der Waals surface area contributed by atoms with Gasteiger partial charge in [0.1, 0.15) is 18.1 Å². The lowest BCUT2D eigenvalue weighted by molar-refractivity contribution is -0.139. The quantitative estimate of drug-likeness (QED) is 0.335. The van der Waals surface area contributed by atoms with Gasteiger partial charge in [-0.25, -0.2) is 0 Å². The van der Waals surface area contributed by atoms with Crippen LogP contribution in [0.15, 0.2) is 48.5 Å². The maximum atomic E-state index is 12.9. The van der Waals surface area contributed by atoms with Gasteiger partial charge in [-0.1, -0.05) is 53.2 Å². The molecule has 0 amide bonds. The van der Waals surface area contributed by atoms with Crippen molar-refractivity contribution in [3.05, 3.63) is 54.1 Å². The van der Waals surface area contributed by atoms with Gasteiger partial charge in [0.25, 0.3) is 0 Å². The van der Waals surface area contributed by atoms with Crippen molar-refractivity contribution >= 4 is 5.69 Å². The first-order chi connectivity index (χ1) is 16.7. The Morgan fingerprint density at radius 2 is 1.49 bits per heavy atom. The first-order valence-electron chi connectivity index (χ1n) is 12.7. The van der Waals surface area contributed by atoms with E-state index in [0.717, 1.165) is 12.0 Å². The molecule has 2 atom stereocenters. The topological polar surface area (TPSA) is 58.7 Å². The van der Waals surface area contributed by atoms with Crippen molar-refractivity contribution in [3.8, 4) is 11.5 Å². The fraction of sp³-hybridized carbons (Fsp3) is 0.571. The van der Waals surface area contributed by atoms with Crippen LogP contribution in [-0.2, 0) is 6.18 Å². The number of halogens is 3. The molecule has 4 rings (SSSR count). The number of phenolic OH excluding ortho intramolecular Hbond substituents is 1. The van der Waals surface area contributed by atoms with Crippen LogP contribution in [0.1, 0.15) is 72.3 Å². The number of nitrogens with zero attached hydrogens (tertiary/aromatic N) is 1. The number of alkyl halides is 3. The molecule has 0 aliphatic carbocycles. The molecule has 0 spiro atoms. The average Bonchev–Trinajstić information content (AvgIpc) is 3.06. The predicted octanol–water partition coefficient (Wildman–Crippen LogP) is 7.76. The van der Waals surface area contributed by atoms with Crippen molar-refractivity contribution in [2.24, 2.45) is 5.92 Å². The van der Waals surface area contributed by atoms with Crippen molar-refractivity contribution in [2.75, 3.05) is 18.9 Å². The van der Waals surface area contributed by atoms with Gasteiger partial charge >= 0.3 is 6.18 Å². The van der Waals surface area contributed by atoms with Crippen LogP contribution in [0.3, 0.4) is 0 Å². The smallest absolute Gasteiger partial charge is 0.419 e. The van der Waals surface area contributed by atoms with E-state index in [2.05, 4.69) is 25.7 Å². The van der Waals surface area contributed by atoms with E-state index >= 15 is 0 Å². The third kappa shape index (κ3) is 10.4. The first-order valence-corrected chi connectivity index (χ1v) is 12.7. The molecular formula is C28H43F3N2O2. The summed E-state index contributed by atoms with van der Waals surface area (Å²) in [5.74, 6) is 0.951. The van der Waals surface area contributed by atoms with Gasteiger partial charge in [0, 0.05) is 24.3 Å². The third-order valence-electron chi connectivity index (χ3n) is 5.81. The zero-order chi connectivity index (χ0) is 26.4. The molecule has 7 heteroatoms. The summed E-state index contributed by atoms with van der Waals surface area (Å²) >= 11 is 0. The highest BCUT2D eigenvalue weighted by Gasteiger charge is 2.39. The van der Waals surface area contributed by atoms with Crippen molar-refractivity contribution in [1.82, 2.24) is 4.90 Å². The van der Waals surface area contributed by atoms with Crippen molar-refractivity contribution < 1.29 is 23.0 Å². The minimum atomic E-state index is -4.36. The lowest BCUT2D eigenvalue weighted by Crippen LogP contribution is -2.44. The largest absolute Gasteiger partial charge is 0.508 e. The van der Waals surface area contributed by atoms with E-state index in [-0.39, 0.29) is 11.5 Å². The SMILES string of the molecule is CC.CC1CC2CCC(C1)N2CCOc1ccccc1C(F)(F)F.CCC.Nc1ccc(O)cc1. The highest BCUT2D eigenvalue weighted by Crippen LogP contribution is 2.39. The fourth-order valence-corrected chi connectivity index (χ4v) is 4.47. The summed E-state index contributed by atoms with van der Waals surface area (Å²) < 4.78 is 44.2. The lowest BCUT2D eigenvalue weighted by Gasteiger charge is -2.37. The molecule has 0 radical (unpaired) electrons. The van der Waals surface area contributed by atoms with Crippen LogP contribution in [0.5, 0.6) is 11.5 Å². The zero-order valence-corrected chi connectivity index (χ0v) is 21.8. The lowest BCUT2D eigenvalue weighted by atomic mass is 9.92. The van der Waals surface area contributed by atoms with Crippen LogP contribution in [0.2, 0.25) is 0 Å². The molecule has 2 aromatic rings. The zero-order valence-electron chi connectivity index (χ0n) is 21.8. The van der Waals surface area contributed by atoms with Crippen LogP contribution < -0.4 is 10.5 Å². The fourth-order valence-electron chi connectivity index (χ4n) is 4.47. The molecule has 0 aromatic heterocycles. The summed E-state index contributed by atoms with van der Waals surface area (Å²) in [6.07, 6.45) is 1.73. The molecule has 2 aliphatic rings. The Hall–Kier alpha value is -2.41. The molecule has 3 N–H and O–H groups in total. The molecule has 2 bridgehead atoms. The van der Waals surface area contributed by atoms with Gasteiger partial charge < -0.3 is 15.6 Å². The van der Waals surface area contributed by atoms with Gasteiger partial charge in [-0.2, -0.15) is 13.2 Å². The normalized spacial score (nSPS) is 20.9. The van der Waals surface area contributed by atoms with Gasteiger partial charge in [-0.15, -0.1) is 0 Å². The number of hydrogen-bond donors (Lipinski definition) is 2. The molecule has 2 aliphatic heterocycles. The number of nitrogens with two attached hydrogens (primary N) is 1. The summed E-state index contributed by atoms with van der Waals surface area (Å²) in [6.45, 7) is 11.6. The number of rotatable bonds is 4. The van der Waals surface area contributed by atoms with Crippen LogP contribution in [0.4, 0.5) is 18.9 Å². The molecule has 2 heterocycles. The molecule has 0 saturated carbocycles. The van der Waals surface area contributed by atoms with E-state index in [0.29, 0.717) is 30.9 Å². The van der Waals surface area contributed by atoms with E-state index in [4.69, 9.17) is 15.6 Å². The number of fused-ring (bicyclic) bond motifs is 2. The number of piperidine rings is 1. The number of ether oxygens (including phenoxy) is 1. The molecule has 2 saturated heterocycles. The van der Waals surface area contributed by atoms with Crippen LogP contribution in [0.25, 0.3) is 0 Å². The summed E-state index contributed by atoms with van der Waals surface area (Å²) in [7, 11) is 0. The van der Waals surface area contributed by atoms with E-state index in [1.807, 2.05) is 13.8 Å². The standard InChI is InChI=1S/C17H22F3NO.C6H7NO.C3H8.C2H6/c1-12-10-13-6-7-14(11-12)21(13)8-9-22-16-5-3-2-4-15(16)17(18,19)20;7-5-1-3-6(8)4-2-5;1-3-2;1-2/h2-5,12-14H,6-11H2,1H3;1-4,8H,7H2;3H2,1-2H3;1-2H3. The Morgan fingerprint density at radius 3 is 1.97 bits per heavy atom. The molecular weight excluding hydrogens is 453 g/mol. The minimum absolute atomic E-state index is 0.0623. The molecule has 2 aromatic carbocycles. The molecule has 2 unspecified atom stereocenters. The van der Waals surface area contributed by atoms with Crippen molar-refractivity contribution in [2.45, 2.75) is 85.0 Å². The van der Waals surface area contributed by atoms with Crippen molar-refractivity contribution in [1.29, 1.82) is 0 Å². The van der Waals surface area contributed by atoms with Gasteiger partial charge in [0.2, 0.25) is 0 Å². The number of hydrogen-bond acceptors (Lipinski definition) is 4. The summed E-state index contributed by atoms with van der Waals surface area (Å²) in [5, 5.41) is 8.70. The van der Waals surface area contributed by atoms with Crippen molar-refractivity contribution in [3.63, 3.8) is 0 Å². The van der Waals surface area contributed by atoms with E-state index < -0.39 is 11.7 Å². The Kier molecular flexibility index (Phi) is 13.6. The van der Waals surface area contributed by atoms with E-state index in [1.165, 1.54) is 44.2 Å². The predicted molar refractivity (Wildman–Crippen MR) is 139 cm³/mol. The van der Waals surface area contributed by atoms with Crippen LogP contribution in [0, 0.1) is 5.92 Å². The number of phenols is 1. The average molecular weight is 497 g/mol. The monoisotopic (exact) mass is 496 g/mol. The van der Waals surface area contributed by atoms with Gasteiger partial charge in [0.15, 0.2) is 0 Å². The number of anilines is 1. The van der Waals surface area contributed by atoms with Gasteiger partial charge in [-0.3, -0.25) is 4.90 Å². The third-order valence-corrected chi connectivity index (χ3v) is 5.81. The molecule has 198 valence electrons. The maximum Gasteiger partial charge on any atom is 0.419 e. The summed E-state index contributed by atoms with van der Waals surface area (Å²) in [4.78, 5) is 2.44. The Labute approximate surface area is 209 Å². The van der Waals surface area contributed by atoms with Crippen LogP contribution >= 0.6 is 0 Å². The molecule has 2 fully saturated rings. The second-order valence-electron chi connectivity index (χ2n) is 8.84. The second kappa shape index (κ2) is 15.6. The van der Waals surface area contributed by atoms with E-state index in [9.17, 15) is 13.2 Å². The summed E-state index contributed by atoms with van der Waals surface area (Å²) in [5.41, 5.74) is 5.30. The van der Waals surface area contributed by atoms with Gasteiger partial charge in [0.05, 0.1) is 5.56 Å². The Morgan fingerprint density at radius 1 is 0.971 bits per heavy atom. The number of nitrogen functional groups attached to an aromatic ring is 1. The highest BCUT2D eigenvalue weighted by molar-refractivity contribution is 5.40. The van der Waals surface area contributed by atoms with Gasteiger partial charge in [-0.05, 0) is 68.0 Å². The maximum absolute atomic E-state index is 12.9. The molecule has 4 nitrogen and oxygen atoms in total.